The normalized spacial score (nSPS) is 16.8. The molecule has 0 radical (unpaired) electrons. The van der Waals surface area contributed by atoms with E-state index in [-0.39, 0.29) is 0 Å². The maximum Gasteiger partial charge on any atom is 0.167 e. The zero-order chi connectivity index (χ0) is 17.5. The maximum atomic E-state index is 14.3. The van der Waals surface area contributed by atoms with E-state index in [0.29, 0.717) is 30.5 Å². The van der Waals surface area contributed by atoms with Crippen LogP contribution >= 0.6 is 0 Å². The molecule has 1 aromatic carbocycles. The summed E-state index contributed by atoms with van der Waals surface area (Å²) in [7, 11) is 5.27. The summed E-state index contributed by atoms with van der Waals surface area (Å²) in [6.07, 6.45) is 2.92. The van der Waals surface area contributed by atoms with Gasteiger partial charge in [0.25, 0.3) is 0 Å². The Morgan fingerprint density at radius 1 is 1.21 bits per heavy atom. The van der Waals surface area contributed by atoms with Gasteiger partial charge in [0.2, 0.25) is 0 Å². The molecule has 0 unspecified atom stereocenters. The van der Waals surface area contributed by atoms with Gasteiger partial charge >= 0.3 is 0 Å². The van der Waals surface area contributed by atoms with Crippen molar-refractivity contribution in [3.8, 4) is 5.75 Å². The average Bonchev–Trinajstić information content (AvgIpc) is 2.59. The molecule has 1 saturated heterocycles. The first-order valence-corrected chi connectivity index (χ1v) is 8.49. The molecule has 4 nitrogen and oxygen atoms in total. The van der Waals surface area contributed by atoms with E-state index in [9.17, 15) is 8.78 Å². The molecular formula is C18H28F2N2O2. The van der Waals surface area contributed by atoms with E-state index < -0.39 is 11.6 Å². The third-order valence-corrected chi connectivity index (χ3v) is 4.73. The molecule has 0 amide bonds. The van der Waals surface area contributed by atoms with Crippen molar-refractivity contribution in [1.82, 2.24) is 9.80 Å². The quantitative estimate of drug-likeness (QED) is 0.678. The van der Waals surface area contributed by atoms with Crippen molar-refractivity contribution in [2.24, 2.45) is 0 Å². The van der Waals surface area contributed by atoms with Crippen molar-refractivity contribution in [1.29, 1.82) is 0 Å². The number of rotatable bonds is 8. The number of ether oxygens (including phenoxy) is 2. The summed E-state index contributed by atoms with van der Waals surface area (Å²) in [5.41, 5.74) is 0.300. The fraction of sp³-hybridized carbons (Fsp3) is 0.667. The molecule has 1 aromatic rings. The van der Waals surface area contributed by atoms with Crippen molar-refractivity contribution < 1.29 is 18.3 Å². The standard InChI is InChI=1S/C18H28F2N2O2/c1-21-10-7-14(8-11-21)22(9-4-12-23-2)13-15-17(24-3)6-5-16(19)18(15)20/h5-6,14H,4,7-13H2,1-3H3. The molecule has 0 atom stereocenters. The van der Waals surface area contributed by atoms with Crippen LogP contribution in [-0.4, -0.2) is 63.4 Å². The topological polar surface area (TPSA) is 24.9 Å². The lowest BCUT2D eigenvalue weighted by Gasteiger charge is -2.37. The van der Waals surface area contributed by atoms with Gasteiger partial charge in [-0.15, -0.1) is 0 Å². The molecule has 2 rings (SSSR count). The van der Waals surface area contributed by atoms with Crippen LogP contribution in [0.2, 0.25) is 0 Å². The number of nitrogens with zero attached hydrogens (tertiary/aromatic N) is 2. The number of hydrogen-bond acceptors (Lipinski definition) is 4. The lowest BCUT2D eigenvalue weighted by Crippen LogP contribution is -2.44. The Bertz CT molecular complexity index is 520. The first kappa shape index (κ1) is 19.1. The third-order valence-electron chi connectivity index (χ3n) is 4.73. The highest BCUT2D eigenvalue weighted by molar-refractivity contribution is 5.35. The van der Waals surface area contributed by atoms with Gasteiger partial charge in [0.1, 0.15) is 5.75 Å². The van der Waals surface area contributed by atoms with Crippen LogP contribution in [0.5, 0.6) is 5.75 Å². The van der Waals surface area contributed by atoms with Gasteiger partial charge in [0.05, 0.1) is 7.11 Å². The van der Waals surface area contributed by atoms with E-state index in [0.717, 1.165) is 45.0 Å². The van der Waals surface area contributed by atoms with Gasteiger partial charge in [-0.2, -0.15) is 0 Å². The van der Waals surface area contributed by atoms with Gasteiger partial charge in [-0.05, 0) is 51.5 Å². The van der Waals surface area contributed by atoms with E-state index in [1.54, 1.807) is 7.11 Å². The van der Waals surface area contributed by atoms with Gasteiger partial charge in [-0.25, -0.2) is 8.78 Å². The molecule has 24 heavy (non-hydrogen) atoms. The Hall–Kier alpha value is -1.24. The predicted octanol–water partition coefficient (Wildman–Crippen LogP) is 2.91. The number of likely N-dealkylation sites (tertiary alicyclic amines) is 1. The van der Waals surface area contributed by atoms with Crippen molar-refractivity contribution in [3.05, 3.63) is 29.3 Å². The highest BCUT2D eigenvalue weighted by atomic mass is 19.2. The molecule has 0 N–H and O–H groups in total. The van der Waals surface area contributed by atoms with E-state index >= 15 is 0 Å². The third kappa shape index (κ3) is 4.88. The van der Waals surface area contributed by atoms with Crippen LogP contribution in [0.1, 0.15) is 24.8 Å². The summed E-state index contributed by atoms with van der Waals surface area (Å²) >= 11 is 0. The van der Waals surface area contributed by atoms with Crippen LogP contribution in [-0.2, 0) is 11.3 Å². The molecule has 136 valence electrons. The molecule has 0 bridgehead atoms. The summed E-state index contributed by atoms with van der Waals surface area (Å²) in [6, 6.07) is 2.98. The van der Waals surface area contributed by atoms with E-state index in [1.165, 1.54) is 13.2 Å². The highest BCUT2D eigenvalue weighted by Crippen LogP contribution is 2.27. The van der Waals surface area contributed by atoms with Crippen molar-refractivity contribution in [2.75, 3.05) is 47.5 Å². The van der Waals surface area contributed by atoms with Gasteiger partial charge in [0, 0.05) is 38.4 Å². The van der Waals surface area contributed by atoms with Crippen molar-refractivity contribution in [3.63, 3.8) is 0 Å². The van der Waals surface area contributed by atoms with Crippen LogP contribution in [0.25, 0.3) is 0 Å². The maximum absolute atomic E-state index is 14.3. The summed E-state index contributed by atoms with van der Waals surface area (Å²) < 4.78 is 38.4. The summed E-state index contributed by atoms with van der Waals surface area (Å²) in [6.45, 7) is 3.85. The number of benzene rings is 1. The van der Waals surface area contributed by atoms with E-state index in [4.69, 9.17) is 9.47 Å². The van der Waals surface area contributed by atoms with Gasteiger partial charge in [0.15, 0.2) is 11.6 Å². The van der Waals surface area contributed by atoms with E-state index in [2.05, 4.69) is 16.8 Å². The summed E-state index contributed by atoms with van der Waals surface area (Å²) in [5.74, 6) is -1.23. The van der Waals surface area contributed by atoms with Gasteiger partial charge < -0.3 is 14.4 Å². The minimum absolute atomic E-state index is 0.300. The smallest absolute Gasteiger partial charge is 0.167 e. The van der Waals surface area contributed by atoms with Gasteiger partial charge in [-0.3, -0.25) is 4.90 Å². The molecule has 1 aliphatic rings. The second kappa shape index (κ2) is 9.30. The average molecular weight is 342 g/mol. The number of hydrogen-bond donors (Lipinski definition) is 0. The van der Waals surface area contributed by atoms with Crippen LogP contribution < -0.4 is 4.74 Å². The molecule has 0 spiro atoms. The zero-order valence-corrected chi connectivity index (χ0v) is 14.9. The molecule has 0 saturated carbocycles. The van der Waals surface area contributed by atoms with Crippen molar-refractivity contribution in [2.45, 2.75) is 31.8 Å². The zero-order valence-electron chi connectivity index (χ0n) is 14.9. The number of halogens is 2. The fourth-order valence-electron chi connectivity index (χ4n) is 3.28. The molecule has 1 heterocycles. The van der Waals surface area contributed by atoms with Crippen LogP contribution in [0.15, 0.2) is 12.1 Å². The molecule has 6 heteroatoms. The largest absolute Gasteiger partial charge is 0.496 e. The minimum Gasteiger partial charge on any atom is -0.496 e. The first-order chi connectivity index (χ1) is 11.6. The van der Waals surface area contributed by atoms with E-state index in [1.807, 2.05) is 0 Å². The molecule has 1 fully saturated rings. The Kier molecular flexibility index (Phi) is 7.40. The Morgan fingerprint density at radius 3 is 2.54 bits per heavy atom. The minimum atomic E-state index is -0.828. The lowest BCUT2D eigenvalue weighted by molar-refractivity contribution is 0.0981. The SMILES string of the molecule is COCCCN(Cc1c(OC)ccc(F)c1F)C1CCN(C)CC1. The Morgan fingerprint density at radius 2 is 1.92 bits per heavy atom. The fourth-order valence-corrected chi connectivity index (χ4v) is 3.28. The molecule has 0 aromatic heterocycles. The van der Waals surface area contributed by atoms with Crippen molar-refractivity contribution >= 4 is 0 Å². The molecule has 1 aliphatic heterocycles. The number of piperidine rings is 1. The second-order valence-electron chi connectivity index (χ2n) is 6.39. The lowest BCUT2D eigenvalue weighted by atomic mass is 10.0. The van der Waals surface area contributed by atoms with Crippen LogP contribution in [0, 0.1) is 11.6 Å². The Labute approximate surface area is 143 Å². The second-order valence-corrected chi connectivity index (χ2v) is 6.39. The highest BCUT2D eigenvalue weighted by Gasteiger charge is 2.25. The van der Waals surface area contributed by atoms with Crippen LogP contribution in [0.4, 0.5) is 8.78 Å². The van der Waals surface area contributed by atoms with Gasteiger partial charge in [-0.1, -0.05) is 0 Å². The summed E-state index contributed by atoms with van der Waals surface area (Å²) in [5, 5.41) is 0. The molecule has 0 aliphatic carbocycles. The number of methoxy groups -OCH3 is 2. The summed E-state index contributed by atoms with van der Waals surface area (Å²) in [4.78, 5) is 4.54. The predicted molar refractivity (Wildman–Crippen MR) is 90.3 cm³/mol. The monoisotopic (exact) mass is 342 g/mol. The molecular weight excluding hydrogens is 314 g/mol. The first-order valence-electron chi connectivity index (χ1n) is 8.49. The van der Waals surface area contributed by atoms with Crippen LogP contribution in [0.3, 0.4) is 0 Å². The Balaban J connectivity index is 2.16.